The van der Waals surface area contributed by atoms with Crippen LogP contribution < -0.4 is 4.74 Å². The minimum atomic E-state index is 0.174. The van der Waals surface area contributed by atoms with Crippen LogP contribution in [0.2, 0.25) is 0 Å². The van der Waals surface area contributed by atoms with Crippen molar-refractivity contribution in [1.82, 2.24) is 4.90 Å². The van der Waals surface area contributed by atoms with Crippen molar-refractivity contribution in [2.75, 3.05) is 21.2 Å². The predicted molar refractivity (Wildman–Crippen MR) is 101 cm³/mol. The molecule has 0 unspecified atom stereocenters. The third-order valence-electron chi connectivity index (χ3n) is 5.07. The Balaban J connectivity index is 1.75. The van der Waals surface area contributed by atoms with Crippen molar-refractivity contribution >= 4 is 17.1 Å². The maximum atomic E-state index is 12.8. The molecule has 4 nitrogen and oxygen atoms in total. The summed E-state index contributed by atoms with van der Waals surface area (Å²) in [6.07, 6.45) is 3.09. The number of likely N-dealkylation sites (N-methyl/N-ethyl adjacent to an activating group) is 1. The van der Waals surface area contributed by atoms with Crippen molar-refractivity contribution in [3.63, 3.8) is 0 Å². The lowest BCUT2D eigenvalue weighted by molar-refractivity contribution is 0.0985. The van der Waals surface area contributed by atoms with E-state index in [0.717, 1.165) is 23.3 Å². The van der Waals surface area contributed by atoms with Crippen molar-refractivity contribution in [3.05, 3.63) is 44.6 Å². The fourth-order valence-electron chi connectivity index (χ4n) is 3.54. The fraction of sp³-hybridized carbons (Fsp3) is 0.450. The van der Waals surface area contributed by atoms with Gasteiger partial charge in [-0.15, -0.1) is 11.3 Å². The van der Waals surface area contributed by atoms with Crippen molar-refractivity contribution in [2.24, 2.45) is 0 Å². The molecule has 0 radical (unpaired) electrons. The number of phenols is 1. The van der Waals surface area contributed by atoms with E-state index in [1.807, 2.05) is 6.07 Å². The van der Waals surface area contributed by atoms with E-state index in [0.29, 0.717) is 24.6 Å². The molecule has 1 aromatic carbocycles. The molecule has 0 saturated heterocycles. The number of hydrogen-bond donors (Lipinski definition) is 1. The van der Waals surface area contributed by atoms with Gasteiger partial charge in [0.25, 0.3) is 0 Å². The molecule has 3 rings (SSSR count). The summed E-state index contributed by atoms with van der Waals surface area (Å²) in [5.74, 6) is 1.02. The monoisotopic (exact) mass is 359 g/mol. The molecule has 1 aliphatic carbocycles. The summed E-state index contributed by atoms with van der Waals surface area (Å²) in [4.78, 5) is 17.3. The molecular formula is C20H25NO3S. The van der Waals surface area contributed by atoms with Gasteiger partial charge >= 0.3 is 0 Å². The van der Waals surface area contributed by atoms with E-state index in [9.17, 15) is 9.90 Å². The summed E-state index contributed by atoms with van der Waals surface area (Å²) in [7, 11) is 5.79. The molecule has 1 atom stereocenters. The molecule has 1 heterocycles. The lowest BCUT2D eigenvalue weighted by atomic mass is 10.0. The standard InChI is InChI=1S/C20H25NO3S/c1-12-16-9-14(21(2)3)10-17(16)20(25-12)18(23)8-6-13-5-7-15(22)11-19(13)24-4/h5,7,11,14,22H,6,8-10H2,1-4H3/t14-/m0/s1. The number of Topliss-reactive ketones (excluding diaryl/α,β-unsaturated/α-hetero) is 1. The molecule has 0 aliphatic heterocycles. The van der Waals surface area contributed by atoms with E-state index in [2.05, 4.69) is 25.9 Å². The molecule has 1 aromatic heterocycles. The third kappa shape index (κ3) is 3.58. The first-order valence-electron chi connectivity index (χ1n) is 8.57. The van der Waals surface area contributed by atoms with Crippen molar-refractivity contribution in [1.29, 1.82) is 0 Å². The number of methoxy groups -OCH3 is 1. The van der Waals surface area contributed by atoms with Crippen LogP contribution in [0.3, 0.4) is 0 Å². The van der Waals surface area contributed by atoms with Crippen LogP contribution in [-0.4, -0.2) is 43.0 Å². The molecule has 0 saturated carbocycles. The van der Waals surface area contributed by atoms with Crippen LogP contribution in [0.1, 0.15) is 37.7 Å². The minimum Gasteiger partial charge on any atom is -0.508 e. The zero-order valence-electron chi connectivity index (χ0n) is 15.3. The average molecular weight is 359 g/mol. The number of carbonyl (C=O) groups is 1. The number of phenolic OH excluding ortho intramolecular Hbond substituents is 1. The topological polar surface area (TPSA) is 49.8 Å². The summed E-state index contributed by atoms with van der Waals surface area (Å²) in [5.41, 5.74) is 3.60. The van der Waals surface area contributed by atoms with Crippen LogP contribution in [0.5, 0.6) is 11.5 Å². The molecule has 1 N–H and O–H groups in total. The second kappa shape index (κ2) is 7.18. The first-order chi connectivity index (χ1) is 11.9. The highest BCUT2D eigenvalue weighted by atomic mass is 32.1. The largest absolute Gasteiger partial charge is 0.508 e. The van der Waals surface area contributed by atoms with Gasteiger partial charge in [0.05, 0.1) is 12.0 Å². The number of ketones is 1. The molecule has 134 valence electrons. The van der Waals surface area contributed by atoms with E-state index in [1.165, 1.54) is 16.0 Å². The van der Waals surface area contributed by atoms with Gasteiger partial charge in [0.2, 0.25) is 0 Å². The molecule has 5 heteroatoms. The van der Waals surface area contributed by atoms with Gasteiger partial charge in [-0.2, -0.15) is 0 Å². The molecule has 25 heavy (non-hydrogen) atoms. The maximum Gasteiger partial charge on any atom is 0.173 e. The molecule has 2 aromatic rings. The first-order valence-corrected chi connectivity index (χ1v) is 9.39. The lowest BCUT2D eigenvalue weighted by Gasteiger charge is -2.18. The number of hydrogen-bond acceptors (Lipinski definition) is 5. The van der Waals surface area contributed by atoms with Crippen LogP contribution >= 0.6 is 11.3 Å². The normalized spacial score (nSPS) is 16.3. The van der Waals surface area contributed by atoms with Gasteiger partial charge in [0.15, 0.2) is 5.78 Å². The molecule has 0 bridgehead atoms. The van der Waals surface area contributed by atoms with Crippen molar-refractivity contribution < 1.29 is 14.6 Å². The van der Waals surface area contributed by atoms with Gasteiger partial charge < -0.3 is 14.7 Å². The van der Waals surface area contributed by atoms with Crippen LogP contribution in [0.4, 0.5) is 0 Å². The average Bonchev–Trinajstić information content (AvgIpc) is 3.14. The number of nitrogens with zero attached hydrogens (tertiary/aromatic N) is 1. The molecule has 0 fully saturated rings. The van der Waals surface area contributed by atoms with Gasteiger partial charge in [-0.05, 0) is 63.0 Å². The van der Waals surface area contributed by atoms with E-state index in [4.69, 9.17) is 4.74 Å². The number of rotatable bonds is 6. The zero-order chi connectivity index (χ0) is 18.1. The molecular weight excluding hydrogens is 334 g/mol. The number of aryl methyl sites for hydroxylation is 2. The van der Waals surface area contributed by atoms with Crippen LogP contribution in [-0.2, 0) is 19.3 Å². The predicted octanol–water partition coefficient (Wildman–Crippen LogP) is 3.62. The van der Waals surface area contributed by atoms with Crippen LogP contribution in [0.25, 0.3) is 0 Å². The van der Waals surface area contributed by atoms with Gasteiger partial charge in [-0.1, -0.05) is 6.07 Å². The SMILES string of the molecule is COc1cc(O)ccc1CCC(=O)c1sc(C)c2c1C[C@@H](N(C)C)C2. The minimum absolute atomic E-state index is 0.174. The van der Waals surface area contributed by atoms with Crippen LogP contribution in [0, 0.1) is 6.92 Å². The molecule has 0 spiro atoms. The Morgan fingerprint density at radius 1 is 1.32 bits per heavy atom. The summed E-state index contributed by atoms with van der Waals surface area (Å²) in [5, 5.41) is 9.55. The van der Waals surface area contributed by atoms with Crippen molar-refractivity contribution in [3.8, 4) is 11.5 Å². The van der Waals surface area contributed by atoms with Gasteiger partial charge in [0, 0.05) is 23.4 Å². The highest BCUT2D eigenvalue weighted by Gasteiger charge is 2.30. The van der Waals surface area contributed by atoms with E-state index in [1.54, 1.807) is 30.6 Å². The smallest absolute Gasteiger partial charge is 0.173 e. The number of aromatic hydroxyl groups is 1. The van der Waals surface area contributed by atoms with Gasteiger partial charge in [-0.25, -0.2) is 0 Å². The summed E-state index contributed by atoms with van der Waals surface area (Å²) >= 11 is 1.65. The van der Waals surface area contributed by atoms with Crippen LogP contribution in [0.15, 0.2) is 18.2 Å². The highest BCUT2D eigenvalue weighted by molar-refractivity contribution is 7.14. The molecule has 1 aliphatic rings. The molecule has 0 amide bonds. The van der Waals surface area contributed by atoms with Gasteiger partial charge in [0.1, 0.15) is 11.5 Å². The summed E-state index contributed by atoms with van der Waals surface area (Å²) in [6, 6.07) is 5.56. The number of thiophene rings is 1. The quantitative estimate of drug-likeness (QED) is 0.801. The van der Waals surface area contributed by atoms with E-state index < -0.39 is 0 Å². The van der Waals surface area contributed by atoms with Gasteiger partial charge in [-0.3, -0.25) is 4.79 Å². The first kappa shape index (κ1) is 18.0. The Morgan fingerprint density at radius 2 is 2.04 bits per heavy atom. The number of benzene rings is 1. The van der Waals surface area contributed by atoms with Crippen molar-refractivity contribution in [2.45, 2.75) is 38.6 Å². The Hall–Kier alpha value is -1.85. The third-order valence-corrected chi connectivity index (χ3v) is 6.30. The number of ether oxygens (including phenoxy) is 1. The number of carbonyl (C=O) groups excluding carboxylic acids is 1. The Bertz CT molecular complexity index is 794. The maximum absolute atomic E-state index is 12.8. The van der Waals surface area contributed by atoms with E-state index >= 15 is 0 Å². The highest BCUT2D eigenvalue weighted by Crippen LogP contribution is 2.37. The second-order valence-corrected chi connectivity index (χ2v) is 8.11. The summed E-state index contributed by atoms with van der Waals surface area (Å²) in [6.45, 7) is 2.13. The lowest BCUT2D eigenvalue weighted by Crippen LogP contribution is -2.28. The van der Waals surface area contributed by atoms with E-state index in [-0.39, 0.29) is 11.5 Å². The Labute approximate surface area is 153 Å². The second-order valence-electron chi connectivity index (χ2n) is 6.89. The Kier molecular flexibility index (Phi) is 5.16. The number of fused-ring (bicyclic) bond motifs is 1. The zero-order valence-corrected chi connectivity index (χ0v) is 16.1. The summed E-state index contributed by atoms with van der Waals surface area (Å²) < 4.78 is 5.31. The Morgan fingerprint density at radius 3 is 2.72 bits per heavy atom. The fourth-order valence-corrected chi connectivity index (χ4v) is 4.73.